The molecule has 2 aromatic carbocycles. The van der Waals surface area contributed by atoms with E-state index in [-0.39, 0.29) is 5.41 Å². The molecular formula is C20H20ClN3. The van der Waals surface area contributed by atoms with E-state index in [0.717, 1.165) is 36.5 Å². The van der Waals surface area contributed by atoms with Crippen LogP contribution in [-0.2, 0) is 5.41 Å². The van der Waals surface area contributed by atoms with Gasteiger partial charge in [-0.3, -0.25) is 5.10 Å². The van der Waals surface area contributed by atoms with Gasteiger partial charge in [0.1, 0.15) is 0 Å². The standard InChI is InChI=1S/C20H20ClN3/c21-19-4-2-1-3-18(19)20(9-11-22-12-10-20)17-7-5-15(6-8-17)16-13-23-24-14-16/h1-8,13-14,22H,9-12H2,(H,23,24). The average Bonchev–Trinajstić information content (AvgIpc) is 3.18. The van der Waals surface area contributed by atoms with Crippen LogP contribution in [-0.4, -0.2) is 23.3 Å². The van der Waals surface area contributed by atoms with E-state index in [0.29, 0.717) is 0 Å². The summed E-state index contributed by atoms with van der Waals surface area (Å²) in [5.74, 6) is 0. The van der Waals surface area contributed by atoms with Gasteiger partial charge in [-0.1, -0.05) is 54.1 Å². The van der Waals surface area contributed by atoms with Crippen LogP contribution in [0.25, 0.3) is 11.1 Å². The van der Waals surface area contributed by atoms with Gasteiger partial charge in [-0.15, -0.1) is 0 Å². The van der Waals surface area contributed by atoms with Crippen molar-refractivity contribution < 1.29 is 0 Å². The van der Waals surface area contributed by atoms with Crippen molar-refractivity contribution in [2.24, 2.45) is 0 Å². The summed E-state index contributed by atoms with van der Waals surface area (Å²) < 4.78 is 0. The zero-order chi connectivity index (χ0) is 16.4. The Morgan fingerprint density at radius 1 is 0.917 bits per heavy atom. The molecule has 2 N–H and O–H groups in total. The lowest BCUT2D eigenvalue weighted by Gasteiger charge is -2.39. The van der Waals surface area contributed by atoms with E-state index in [1.54, 1.807) is 0 Å². The molecule has 0 saturated carbocycles. The van der Waals surface area contributed by atoms with Crippen LogP contribution < -0.4 is 5.32 Å². The number of nitrogens with one attached hydrogen (secondary N) is 2. The van der Waals surface area contributed by atoms with E-state index in [4.69, 9.17) is 11.6 Å². The summed E-state index contributed by atoms with van der Waals surface area (Å²) in [6.45, 7) is 2.02. The molecule has 24 heavy (non-hydrogen) atoms. The predicted octanol–water partition coefficient (Wildman–Crippen LogP) is 4.40. The minimum absolute atomic E-state index is 0.0154. The number of halogens is 1. The van der Waals surface area contributed by atoms with Crippen LogP contribution in [0.15, 0.2) is 60.9 Å². The molecule has 0 radical (unpaired) electrons. The van der Waals surface area contributed by atoms with Crippen molar-refractivity contribution in [1.29, 1.82) is 0 Å². The quantitative estimate of drug-likeness (QED) is 0.743. The van der Waals surface area contributed by atoms with Crippen molar-refractivity contribution in [3.8, 4) is 11.1 Å². The molecule has 0 amide bonds. The maximum atomic E-state index is 6.58. The third-order valence-corrected chi connectivity index (χ3v) is 5.45. The van der Waals surface area contributed by atoms with E-state index in [2.05, 4.69) is 51.9 Å². The highest BCUT2D eigenvalue weighted by Crippen LogP contribution is 2.43. The van der Waals surface area contributed by atoms with Crippen LogP contribution in [0.2, 0.25) is 5.02 Å². The number of aromatic nitrogens is 2. The summed E-state index contributed by atoms with van der Waals surface area (Å²) >= 11 is 6.58. The Kier molecular flexibility index (Phi) is 4.13. The highest BCUT2D eigenvalue weighted by molar-refractivity contribution is 6.31. The van der Waals surface area contributed by atoms with Gasteiger partial charge in [-0.25, -0.2) is 0 Å². The normalized spacial score (nSPS) is 16.9. The maximum Gasteiger partial charge on any atom is 0.0565 e. The second-order valence-electron chi connectivity index (χ2n) is 6.38. The Bertz CT molecular complexity index is 803. The third kappa shape index (κ3) is 2.64. The van der Waals surface area contributed by atoms with Gasteiger partial charge in [0.15, 0.2) is 0 Å². The number of nitrogens with zero attached hydrogens (tertiary/aromatic N) is 1. The molecule has 1 aliphatic heterocycles. The Balaban J connectivity index is 1.78. The van der Waals surface area contributed by atoms with E-state index in [9.17, 15) is 0 Å². The van der Waals surface area contributed by atoms with E-state index in [1.807, 2.05) is 24.5 Å². The first-order valence-corrected chi connectivity index (χ1v) is 8.73. The summed E-state index contributed by atoms with van der Waals surface area (Å²) in [5, 5.41) is 11.2. The lowest BCUT2D eigenvalue weighted by molar-refractivity contribution is 0.362. The molecule has 0 unspecified atom stereocenters. The second-order valence-corrected chi connectivity index (χ2v) is 6.78. The van der Waals surface area contributed by atoms with Gasteiger partial charge in [-0.2, -0.15) is 5.10 Å². The molecule has 122 valence electrons. The lowest BCUT2D eigenvalue weighted by Crippen LogP contribution is -2.40. The fourth-order valence-electron chi connectivity index (χ4n) is 3.81. The number of piperidine rings is 1. The van der Waals surface area contributed by atoms with Gasteiger partial charge in [0.2, 0.25) is 0 Å². The summed E-state index contributed by atoms with van der Waals surface area (Å²) in [6, 6.07) is 17.1. The SMILES string of the molecule is Clc1ccccc1C1(c2ccc(-c3cn[nH]c3)cc2)CCNCC1. The Morgan fingerprint density at radius 3 is 2.33 bits per heavy atom. The molecule has 1 fully saturated rings. The molecule has 3 aromatic rings. The molecular weight excluding hydrogens is 318 g/mol. The van der Waals surface area contributed by atoms with E-state index < -0.39 is 0 Å². The third-order valence-electron chi connectivity index (χ3n) is 5.12. The number of hydrogen-bond donors (Lipinski definition) is 2. The Hall–Kier alpha value is -2.10. The van der Waals surface area contributed by atoms with Crippen LogP contribution in [0.1, 0.15) is 24.0 Å². The fourth-order valence-corrected chi connectivity index (χ4v) is 4.12. The summed E-state index contributed by atoms with van der Waals surface area (Å²) in [5.41, 5.74) is 4.85. The molecule has 1 aliphatic rings. The van der Waals surface area contributed by atoms with Crippen molar-refractivity contribution in [2.45, 2.75) is 18.3 Å². The minimum atomic E-state index is -0.0154. The van der Waals surface area contributed by atoms with Crippen molar-refractivity contribution in [2.75, 3.05) is 13.1 Å². The topological polar surface area (TPSA) is 40.7 Å². The van der Waals surface area contributed by atoms with Crippen LogP contribution >= 0.6 is 11.6 Å². The maximum absolute atomic E-state index is 6.58. The Labute approximate surface area is 147 Å². The monoisotopic (exact) mass is 337 g/mol. The van der Waals surface area contributed by atoms with Gasteiger partial charge in [-0.05, 0) is 48.7 Å². The zero-order valence-corrected chi connectivity index (χ0v) is 14.2. The van der Waals surface area contributed by atoms with Crippen molar-refractivity contribution in [3.05, 3.63) is 77.1 Å². The average molecular weight is 338 g/mol. The van der Waals surface area contributed by atoms with Gasteiger partial charge >= 0.3 is 0 Å². The summed E-state index contributed by atoms with van der Waals surface area (Å²) in [6.07, 6.45) is 5.89. The van der Waals surface area contributed by atoms with Crippen LogP contribution in [0.5, 0.6) is 0 Å². The predicted molar refractivity (Wildman–Crippen MR) is 98.4 cm³/mol. The first-order valence-electron chi connectivity index (χ1n) is 8.35. The number of rotatable bonds is 3. The number of aromatic amines is 1. The van der Waals surface area contributed by atoms with Crippen LogP contribution in [0, 0.1) is 0 Å². The second kappa shape index (κ2) is 6.42. The van der Waals surface area contributed by atoms with Gasteiger partial charge in [0.25, 0.3) is 0 Å². The summed E-state index contributed by atoms with van der Waals surface area (Å²) in [7, 11) is 0. The largest absolute Gasteiger partial charge is 0.317 e. The lowest BCUT2D eigenvalue weighted by atomic mass is 9.68. The fraction of sp³-hybridized carbons (Fsp3) is 0.250. The molecule has 2 heterocycles. The van der Waals surface area contributed by atoms with Gasteiger partial charge < -0.3 is 5.32 Å². The molecule has 1 saturated heterocycles. The van der Waals surface area contributed by atoms with Crippen molar-refractivity contribution in [1.82, 2.24) is 15.5 Å². The molecule has 0 bridgehead atoms. The molecule has 0 aliphatic carbocycles. The number of benzene rings is 2. The Morgan fingerprint density at radius 2 is 1.67 bits per heavy atom. The number of H-pyrrole nitrogens is 1. The molecule has 0 spiro atoms. The molecule has 4 rings (SSSR count). The highest BCUT2D eigenvalue weighted by Gasteiger charge is 2.37. The summed E-state index contributed by atoms with van der Waals surface area (Å²) in [4.78, 5) is 0. The highest BCUT2D eigenvalue weighted by atomic mass is 35.5. The first kappa shape index (κ1) is 15.4. The van der Waals surface area contributed by atoms with Crippen molar-refractivity contribution in [3.63, 3.8) is 0 Å². The molecule has 0 atom stereocenters. The van der Waals surface area contributed by atoms with Crippen LogP contribution in [0.4, 0.5) is 0 Å². The smallest absolute Gasteiger partial charge is 0.0565 e. The van der Waals surface area contributed by atoms with Crippen molar-refractivity contribution >= 4 is 11.6 Å². The van der Waals surface area contributed by atoms with E-state index >= 15 is 0 Å². The molecule has 4 heteroatoms. The van der Waals surface area contributed by atoms with Gasteiger partial charge in [0.05, 0.1) is 6.20 Å². The first-order chi connectivity index (χ1) is 11.8. The molecule has 1 aromatic heterocycles. The van der Waals surface area contributed by atoms with E-state index in [1.165, 1.54) is 16.7 Å². The van der Waals surface area contributed by atoms with Crippen LogP contribution in [0.3, 0.4) is 0 Å². The zero-order valence-electron chi connectivity index (χ0n) is 13.4. The minimum Gasteiger partial charge on any atom is -0.317 e. The van der Waals surface area contributed by atoms with Gasteiger partial charge in [0, 0.05) is 22.2 Å². The molecule has 3 nitrogen and oxygen atoms in total. The number of hydrogen-bond acceptors (Lipinski definition) is 2.